The second kappa shape index (κ2) is 6.47. The average Bonchev–Trinajstić information content (AvgIpc) is 2.98. The van der Waals surface area contributed by atoms with E-state index in [1.807, 2.05) is 20.8 Å². The SMILES string of the molecule is CCCC(=O)OC(OC(=O)c1cc2occc2[nH]1)C(C)C. The van der Waals surface area contributed by atoms with Crippen LogP contribution in [0.25, 0.3) is 11.1 Å². The molecule has 2 aromatic rings. The van der Waals surface area contributed by atoms with E-state index < -0.39 is 12.3 Å². The fraction of sp³-hybridized carbons (Fsp3) is 0.467. The molecule has 1 atom stereocenters. The average molecular weight is 293 g/mol. The number of hydrogen-bond donors (Lipinski definition) is 1. The number of fused-ring (bicyclic) bond motifs is 1. The summed E-state index contributed by atoms with van der Waals surface area (Å²) in [7, 11) is 0. The van der Waals surface area contributed by atoms with Crippen LogP contribution in [-0.2, 0) is 14.3 Å². The smallest absolute Gasteiger partial charge is 0.357 e. The number of rotatable bonds is 6. The molecule has 0 amide bonds. The van der Waals surface area contributed by atoms with Gasteiger partial charge in [-0.15, -0.1) is 0 Å². The third-order valence-corrected chi connectivity index (χ3v) is 2.93. The predicted octanol–water partition coefficient (Wildman–Crippen LogP) is 3.24. The van der Waals surface area contributed by atoms with Crippen molar-refractivity contribution < 1.29 is 23.5 Å². The molecular formula is C15H19NO5. The Labute approximate surface area is 122 Å². The molecule has 1 N–H and O–H groups in total. The zero-order chi connectivity index (χ0) is 15.4. The van der Waals surface area contributed by atoms with Crippen molar-refractivity contribution in [2.75, 3.05) is 0 Å². The van der Waals surface area contributed by atoms with E-state index in [4.69, 9.17) is 13.9 Å². The van der Waals surface area contributed by atoms with Gasteiger partial charge in [-0.25, -0.2) is 4.79 Å². The van der Waals surface area contributed by atoms with Gasteiger partial charge in [-0.1, -0.05) is 20.8 Å². The molecule has 0 aromatic carbocycles. The lowest BCUT2D eigenvalue weighted by molar-refractivity contribution is -0.175. The van der Waals surface area contributed by atoms with Gasteiger partial charge >= 0.3 is 11.9 Å². The molecule has 6 nitrogen and oxygen atoms in total. The first kappa shape index (κ1) is 15.2. The molecule has 6 heteroatoms. The van der Waals surface area contributed by atoms with E-state index in [9.17, 15) is 9.59 Å². The third-order valence-electron chi connectivity index (χ3n) is 2.93. The molecule has 2 aromatic heterocycles. The van der Waals surface area contributed by atoms with Crippen LogP contribution >= 0.6 is 0 Å². The van der Waals surface area contributed by atoms with Crippen LogP contribution in [0.15, 0.2) is 22.8 Å². The Kier molecular flexibility index (Phi) is 4.67. The minimum atomic E-state index is -0.897. The Balaban J connectivity index is 2.03. The van der Waals surface area contributed by atoms with Crippen molar-refractivity contribution in [2.24, 2.45) is 5.92 Å². The van der Waals surface area contributed by atoms with Gasteiger partial charge in [-0.3, -0.25) is 4.79 Å². The Morgan fingerprint density at radius 2 is 2.10 bits per heavy atom. The number of furan rings is 1. The molecular weight excluding hydrogens is 274 g/mol. The minimum Gasteiger partial charge on any atom is -0.463 e. The van der Waals surface area contributed by atoms with Crippen molar-refractivity contribution >= 4 is 23.0 Å². The van der Waals surface area contributed by atoms with Gasteiger partial charge in [0.25, 0.3) is 0 Å². The van der Waals surface area contributed by atoms with E-state index >= 15 is 0 Å². The van der Waals surface area contributed by atoms with Crippen LogP contribution < -0.4 is 0 Å². The van der Waals surface area contributed by atoms with E-state index in [1.165, 1.54) is 6.26 Å². The first-order valence-electron chi connectivity index (χ1n) is 6.98. The van der Waals surface area contributed by atoms with Crippen LogP contribution in [-0.4, -0.2) is 23.2 Å². The van der Waals surface area contributed by atoms with E-state index in [0.29, 0.717) is 23.9 Å². The molecule has 114 valence electrons. The zero-order valence-corrected chi connectivity index (χ0v) is 12.3. The summed E-state index contributed by atoms with van der Waals surface area (Å²) in [5.41, 5.74) is 1.55. The summed E-state index contributed by atoms with van der Waals surface area (Å²) in [6, 6.07) is 3.27. The van der Waals surface area contributed by atoms with Crippen LogP contribution in [0, 0.1) is 5.92 Å². The molecule has 2 rings (SSSR count). The number of aromatic amines is 1. The summed E-state index contributed by atoms with van der Waals surface area (Å²) < 4.78 is 15.6. The number of esters is 2. The fourth-order valence-electron chi connectivity index (χ4n) is 1.82. The van der Waals surface area contributed by atoms with Crippen LogP contribution in [0.5, 0.6) is 0 Å². The summed E-state index contributed by atoms with van der Waals surface area (Å²) in [5.74, 6) is -1.08. The van der Waals surface area contributed by atoms with Gasteiger partial charge in [0, 0.05) is 24.5 Å². The molecule has 0 fully saturated rings. The molecule has 0 bridgehead atoms. The summed E-state index contributed by atoms with van der Waals surface area (Å²) in [6.07, 6.45) is 1.62. The maximum Gasteiger partial charge on any atom is 0.357 e. The Morgan fingerprint density at radius 1 is 1.33 bits per heavy atom. The van der Waals surface area contributed by atoms with Gasteiger partial charge < -0.3 is 18.9 Å². The highest BCUT2D eigenvalue weighted by atomic mass is 16.7. The second-order valence-corrected chi connectivity index (χ2v) is 5.14. The molecule has 0 saturated carbocycles. The Bertz CT molecular complexity index is 596. The summed E-state index contributed by atoms with van der Waals surface area (Å²) in [4.78, 5) is 26.5. The molecule has 21 heavy (non-hydrogen) atoms. The van der Waals surface area contributed by atoms with Crippen molar-refractivity contribution in [3.8, 4) is 0 Å². The van der Waals surface area contributed by atoms with Crippen LogP contribution in [0.4, 0.5) is 0 Å². The molecule has 2 heterocycles. The summed E-state index contributed by atoms with van der Waals surface area (Å²) in [6.45, 7) is 5.51. The van der Waals surface area contributed by atoms with E-state index in [2.05, 4.69) is 4.98 Å². The zero-order valence-electron chi connectivity index (χ0n) is 12.3. The topological polar surface area (TPSA) is 81.5 Å². The molecule has 0 radical (unpaired) electrons. The first-order chi connectivity index (χ1) is 10.0. The van der Waals surface area contributed by atoms with Crippen molar-refractivity contribution in [3.63, 3.8) is 0 Å². The van der Waals surface area contributed by atoms with E-state index in [-0.39, 0.29) is 17.6 Å². The molecule has 0 saturated heterocycles. The van der Waals surface area contributed by atoms with Crippen LogP contribution in [0.1, 0.15) is 44.1 Å². The molecule has 1 unspecified atom stereocenters. The lowest BCUT2D eigenvalue weighted by Crippen LogP contribution is -2.29. The van der Waals surface area contributed by atoms with Gasteiger partial charge in [0.2, 0.25) is 6.29 Å². The Hall–Kier alpha value is -2.24. The fourth-order valence-corrected chi connectivity index (χ4v) is 1.82. The maximum absolute atomic E-state index is 12.1. The van der Waals surface area contributed by atoms with Crippen LogP contribution in [0.2, 0.25) is 0 Å². The van der Waals surface area contributed by atoms with Gasteiger partial charge in [-0.2, -0.15) is 0 Å². The maximum atomic E-state index is 12.1. The normalized spacial score (nSPS) is 12.6. The lowest BCUT2D eigenvalue weighted by Gasteiger charge is -2.21. The number of carbonyl (C=O) groups is 2. The second-order valence-electron chi connectivity index (χ2n) is 5.14. The van der Waals surface area contributed by atoms with Crippen molar-refractivity contribution in [1.82, 2.24) is 4.98 Å². The number of aromatic nitrogens is 1. The van der Waals surface area contributed by atoms with Gasteiger partial charge in [0.1, 0.15) is 5.69 Å². The van der Waals surface area contributed by atoms with Gasteiger partial charge in [0.05, 0.1) is 11.8 Å². The standard InChI is InChI=1S/C15H19NO5/c1-4-5-13(17)20-15(9(2)3)21-14(18)11-8-12-10(16-11)6-7-19-12/h6-9,15-16H,4-5H2,1-3H3. The number of carbonyl (C=O) groups excluding carboxylic acids is 2. The summed E-state index contributed by atoms with van der Waals surface area (Å²) in [5, 5.41) is 0. The van der Waals surface area contributed by atoms with Crippen molar-refractivity contribution in [3.05, 3.63) is 24.1 Å². The number of nitrogens with one attached hydrogen (secondary N) is 1. The molecule has 0 aliphatic heterocycles. The highest BCUT2D eigenvalue weighted by molar-refractivity contribution is 5.93. The minimum absolute atomic E-state index is 0.132. The van der Waals surface area contributed by atoms with Crippen LogP contribution in [0.3, 0.4) is 0 Å². The summed E-state index contributed by atoms with van der Waals surface area (Å²) >= 11 is 0. The van der Waals surface area contributed by atoms with E-state index in [1.54, 1.807) is 12.1 Å². The lowest BCUT2D eigenvalue weighted by atomic mass is 10.2. The van der Waals surface area contributed by atoms with E-state index in [0.717, 1.165) is 0 Å². The predicted molar refractivity (Wildman–Crippen MR) is 75.6 cm³/mol. The molecule has 0 spiro atoms. The largest absolute Gasteiger partial charge is 0.463 e. The van der Waals surface area contributed by atoms with Gasteiger partial charge in [-0.05, 0) is 6.42 Å². The molecule has 0 aliphatic rings. The third kappa shape index (κ3) is 3.65. The van der Waals surface area contributed by atoms with Crippen molar-refractivity contribution in [2.45, 2.75) is 39.9 Å². The Morgan fingerprint density at radius 3 is 2.71 bits per heavy atom. The quantitative estimate of drug-likeness (QED) is 0.653. The highest BCUT2D eigenvalue weighted by Gasteiger charge is 2.24. The van der Waals surface area contributed by atoms with Gasteiger partial charge in [0.15, 0.2) is 5.58 Å². The number of hydrogen-bond acceptors (Lipinski definition) is 5. The highest BCUT2D eigenvalue weighted by Crippen LogP contribution is 2.18. The molecule has 0 aliphatic carbocycles. The monoisotopic (exact) mass is 293 g/mol. The van der Waals surface area contributed by atoms with Crippen molar-refractivity contribution in [1.29, 1.82) is 0 Å². The first-order valence-corrected chi connectivity index (χ1v) is 6.98. The number of ether oxygens (including phenoxy) is 2. The number of H-pyrrole nitrogens is 1.